The summed E-state index contributed by atoms with van der Waals surface area (Å²) in [6.07, 6.45) is 3.70. The molecule has 0 bridgehead atoms. The summed E-state index contributed by atoms with van der Waals surface area (Å²) in [5.74, 6) is 0.0925. The molecule has 1 atom stereocenters. The summed E-state index contributed by atoms with van der Waals surface area (Å²) in [7, 11) is 0. The molecule has 9 heavy (non-hydrogen) atoms. The van der Waals surface area contributed by atoms with E-state index in [-0.39, 0.29) is 5.76 Å². The molecule has 0 saturated heterocycles. The third-order valence-corrected chi connectivity index (χ3v) is 1.18. The van der Waals surface area contributed by atoms with E-state index in [9.17, 15) is 0 Å². The number of rotatable bonds is 0. The van der Waals surface area contributed by atoms with Crippen LogP contribution in [0.25, 0.3) is 0 Å². The molecule has 1 unspecified atom stereocenters. The zero-order chi connectivity index (χ0) is 6.85. The second-order valence-corrected chi connectivity index (χ2v) is 1.94. The highest BCUT2D eigenvalue weighted by atomic mass is 16.3. The first kappa shape index (κ1) is 6.11. The van der Waals surface area contributed by atoms with Gasteiger partial charge in [-0.15, -0.1) is 0 Å². The summed E-state index contributed by atoms with van der Waals surface area (Å²) in [5.41, 5.74) is 0.604. The van der Waals surface area contributed by atoms with Crippen LogP contribution in [0.2, 0.25) is 0 Å². The third kappa shape index (κ3) is 1.21. The molecule has 0 heterocycles. The predicted octanol–water partition coefficient (Wildman–Crippen LogP) is 0.915. The standard InChI is InChI=1S/C7H8O2/c1-5-2-3-6(8)4-7(5)9/h2-4,7-9H,1H2. The summed E-state index contributed by atoms with van der Waals surface area (Å²) in [6.45, 7) is 3.54. The molecule has 1 rings (SSSR count). The second kappa shape index (κ2) is 2.07. The molecule has 0 fully saturated rings. The maximum Gasteiger partial charge on any atom is 0.114 e. The van der Waals surface area contributed by atoms with Gasteiger partial charge < -0.3 is 10.2 Å². The minimum Gasteiger partial charge on any atom is -0.508 e. The highest BCUT2D eigenvalue weighted by molar-refractivity contribution is 5.34. The van der Waals surface area contributed by atoms with Crippen molar-refractivity contribution in [3.8, 4) is 0 Å². The Morgan fingerprint density at radius 1 is 1.44 bits per heavy atom. The summed E-state index contributed by atoms with van der Waals surface area (Å²) < 4.78 is 0. The smallest absolute Gasteiger partial charge is 0.114 e. The Balaban J connectivity index is 2.82. The summed E-state index contributed by atoms with van der Waals surface area (Å²) in [4.78, 5) is 0. The van der Waals surface area contributed by atoms with Crippen molar-refractivity contribution in [1.82, 2.24) is 0 Å². The molecule has 48 valence electrons. The molecule has 0 radical (unpaired) electrons. The van der Waals surface area contributed by atoms with Gasteiger partial charge in [-0.05, 0) is 17.7 Å². The average Bonchev–Trinajstić information content (AvgIpc) is 1.80. The van der Waals surface area contributed by atoms with Crippen molar-refractivity contribution in [2.45, 2.75) is 6.10 Å². The molecule has 0 aliphatic heterocycles. The molecule has 2 N–H and O–H groups in total. The maximum absolute atomic E-state index is 8.96. The highest BCUT2D eigenvalue weighted by Gasteiger charge is 2.06. The topological polar surface area (TPSA) is 40.5 Å². The van der Waals surface area contributed by atoms with Crippen molar-refractivity contribution >= 4 is 0 Å². The molecule has 2 nitrogen and oxygen atoms in total. The molecule has 2 heteroatoms. The average molecular weight is 124 g/mol. The molecule has 0 aromatic heterocycles. The Hall–Kier alpha value is -1.02. The van der Waals surface area contributed by atoms with Crippen LogP contribution in [0.1, 0.15) is 0 Å². The number of hydrogen-bond acceptors (Lipinski definition) is 2. The van der Waals surface area contributed by atoms with Gasteiger partial charge in [0.1, 0.15) is 11.9 Å². The van der Waals surface area contributed by atoms with E-state index in [0.29, 0.717) is 5.57 Å². The Bertz CT molecular complexity index is 189. The molecular weight excluding hydrogens is 116 g/mol. The summed E-state index contributed by atoms with van der Waals surface area (Å²) >= 11 is 0. The lowest BCUT2D eigenvalue weighted by molar-refractivity contribution is 0.254. The first-order chi connectivity index (χ1) is 4.20. The predicted molar refractivity (Wildman–Crippen MR) is 35.0 cm³/mol. The minimum atomic E-state index is -0.713. The molecule has 0 amide bonds. The second-order valence-electron chi connectivity index (χ2n) is 1.94. The van der Waals surface area contributed by atoms with Gasteiger partial charge in [-0.2, -0.15) is 0 Å². The van der Waals surface area contributed by atoms with Gasteiger partial charge in [-0.3, -0.25) is 0 Å². The van der Waals surface area contributed by atoms with E-state index in [1.54, 1.807) is 6.08 Å². The van der Waals surface area contributed by atoms with Gasteiger partial charge in [-0.25, -0.2) is 0 Å². The van der Waals surface area contributed by atoms with E-state index < -0.39 is 6.10 Å². The quantitative estimate of drug-likeness (QED) is 0.504. The van der Waals surface area contributed by atoms with Gasteiger partial charge in [-0.1, -0.05) is 12.7 Å². The van der Waals surface area contributed by atoms with E-state index in [2.05, 4.69) is 6.58 Å². The number of hydrogen-bond donors (Lipinski definition) is 2. The van der Waals surface area contributed by atoms with E-state index in [1.165, 1.54) is 12.2 Å². The van der Waals surface area contributed by atoms with Crippen molar-refractivity contribution in [3.05, 3.63) is 36.1 Å². The van der Waals surface area contributed by atoms with E-state index in [4.69, 9.17) is 10.2 Å². The van der Waals surface area contributed by atoms with Crippen molar-refractivity contribution in [1.29, 1.82) is 0 Å². The molecule has 0 aromatic rings. The number of allylic oxidation sites excluding steroid dienone is 1. The number of aliphatic hydroxyl groups excluding tert-OH is 2. The van der Waals surface area contributed by atoms with Crippen LogP contribution in [0.5, 0.6) is 0 Å². The van der Waals surface area contributed by atoms with Crippen LogP contribution in [-0.2, 0) is 0 Å². The lowest BCUT2D eigenvalue weighted by Gasteiger charge is -2.09. The fraction of sp³-hybridized carbons (Fsp3) is 0.143. The van der Waals surface area contributed by atoms with Gasteiger partial charge in [0, 0.05) is 0 Å². The SMILES string of the molecule is C=C1C=CC(O)=CC1O. The van der Waals surface area contributed by atoms with Crippen molar-refractivity contribution in [2.24, 2.45) is 0 Å². The Morgan fingerprint density at radius 2 is 2.11 bits per heavy atom. The van der Waals surface area contributed by atoms with Crippen LogP contribution in [0.3, 0.4) is 0 Å². The minimum absolute atomic E-state index is 0.0925. The Labute approximate surface area is 53.4 Å². The van der Waals surface area contributed by atoms with Crippen molar-refractivity contribution in [2.75, 3.05) is 0 Å². The van der Waals surface area contributed by atoms with Crippen LogP contribution in [0.15, 0.2) is 36.1 Å². The van der Waals surface area contributed by atoms with Crippen LogP contribution in [-0.4, -0.2) is 16.3 Å². The highest BCUT2D eigenvalue weighted by Crippen LogP contribution is 2.11. The first-order valence-electron chi connectivity index (χ1n) is 2.66. The zero-order valence-corrected chi connectivity index (χ0v) is 4.91. The van der Waals surface area contributed by atoms with E-state index in [1.807, 2.05) is 0 Å². The van der Waals surface area contributed by atoms with Gasteiger partial charge >= 0.3 is 0 Å². The molecule has 0 spiro atoms. The van der Waals surface area contributed by atoms with Crippen molar-refractivity contribution < 1.29 is 10.2 Å². The van der Waals surface area contributed by atoms with Crippen molar-refractivity contribution in [3.63, 3.8) is 0 Å². The van der Waals surface area contributed by atoms with Gasteiger partial charge in [0.15, 0.2) is 0 Å². The maximum atomic E-state index is 8.96. The fourth-order valence-corrected chi connectivity index (χ4v) is 0.615. The van der Waals surface area contributed by atoms with Crippen LogP contribution in [0.4, 0.5) is 0 Å². The van der Waals surface area contributed by atoms with Gasteiger partial charge in [0.2, 0.25) is 0 Å². The molecule has 1 aliphatic rings. The fourth-order valence-electron chi connectivity index (χ4n) is 0.615. The van der Waals surface area contributed by atoms with E-state index in [0.717, 1.165) is 0 Å². The first-order valence-corrected chi connectivity index (χ1v) is 2.66. The molecule has 0 saturated carbocycles. The monoisotopic (exact) mass is 124 g/mol. The van der Waals surface area contributed by atoms with E-state index >= 15 is 0 Å². The summed E-state index contributed by atoms with van der Waals surface area (Å²) in [5, 5.41) is 17.7. The Kier molecular flexibility index (Phi) is 1.40. The summed E-state index contributed by atoms with van der Waals surface area (Å²) in [6, 6.07) is 0. The third-order valence-electron chi connectivity index (χ3n) is 1.18. The Morgan fingerprint density at radius 3 is 2.56 bits per heavy atom. The number of aliphatic hydroxyl groups is 2. The van der Waals surface area contributed by atoms with Crippen LogP contribution < -0.4 is 0 Å². The lowest BCUT2D eigenvalue weighted by atomic mass is 10.1. The van der Waals surface area contributed by atoms with Gasteiger partial charge in [0.25, 0.3) is 0 Å². The molecule has 0 aromatic carbocycles. The molecular formula is C7H8O2. The van der Waals surface area contributed by atoms with Crippen LogP contribution in [0, 0.1) is 0 Å². The largest absolute Gasteiger partial charge is 0.508 e. The van der Waals surface area contributed by atoms with Crippen LogP contribution >= 0.6 is 0 Å². The zero-order valence-electron chi connectivity index (χ0n) is 4.91. The lowest BCUT2D eigenvalue weighted by Crippen LogP contribution is -2.07. The molecule has 1 aliphatic carbocycles. The normalized spacial score (nSPS) is 26.1. The van der Waals surface area contributed by atoms with Gasteiger partial charge in [0.05, 0.1) is 0 Å².